The van der Waals surface area contributed by atoms with Crippen LogP contribution in [0.2, 0.25) is 0 Å². The molecule has 0 aliphatic carbocycles. The maximum atomic E-state index is 5.73. The Hall–Kier alpha value is -1.00. The van der Waals surface area contributed by atoms with Crippen LogP contribution in [0.3, 0.4) is 0 Å². The molecule has 2 N–H and O–H groups in total. The first-order chi connectivity index (χ1) is 7.29. The van der Waals surface area contributed by atoms with Gasteiger partial charge < -0.3 is 5.73 Å². The van der Waals surface area contributed by atoms with Gasteiger partial charge in [-0.3, -0.25) is 4.90 Å². The highest BCUT2D eigenvalue weighted by atomic mass is 15.2. The van der Waals surface area contributed by atoms with Crippen LogP contribution in [0.4, 0.5) is 0 Å². The van der Waals surface area contributed by atoms with E-state index in [4.69, 9.17) is 5.73 Å². The van der Waals surface area contributed by atoms with E-state index in [1.807, 2.05) is 19.2 Å². The van der Waals surface area contributed by atoms with Gasteiger partial charge in [0.05, 0.1) is 5.69 Å². The molecule has 1 atom stereocenters. The van der Waals surface area contributed by atoms with Crippen LogP contribution in [0.5, 0.6) is 0 Å². The van der Waals surface area contributed by atoms with Crippen LogP contribution in [-0.4, -0.2) is 34.0 Å². The molecule has 0 aromatic carbocycles. The number of aryl methyl sites for hydroxylation is 1. The van der Waals surface area contributed by atoms with Crippen LogP contribution in [0.15, 0.2) is 12.3 Å². The SMILES string of the molecule is Cc1nccc(CN2CCCC2CN)n1. The standard InChI is InChI=1S/C11H18N4/c1-9-13-5-4-10(14-9)8-15-6-2-3-11(15)7-12/h4-5,11H,2-3,6-8,12H2,1H3. The lowest BCUT2D eigenvalue weighted by molar-refractivity contribution is 0.247. The molecule has 4 heteroatoms. The molecule has 0 bridgehead atoms. The maximum Gasteiger partial charge on any atom is 0.125 e. The van der Waals surface area contributed by atoms with Crippen LogP contribution in [0, 0.1) is 6.92 Å². The van der Waals surface area contributed by atoms with Crippen molar-refractivity contribution in [2.24, 2.45) is 5.73 Å². The summed E-state index contributed by atoms with van der Waals surface area (Å²) >= 11 is 0. The zero-order valence-electron chi connectivity index (χ0n) is 9.19. The number of rotatable bonds is 3. The van der Waals surface area contributed by atoms with Crippen molar-refractivity contribution in [1.82, 2.24) is 14.9 Å². The van der Waals surface area contributed by atoms with Crippen molar-refractivity contribution >= 4 is 0 Å². The predicted molar refractivity (Wildman–Crippen MR) is 59.3 cm³/mol. The van der Waals surface area contributed by atoms with Gasteiger partial charge in [-0.05, 0) is 32.4 Å². The molecule has 1 aliphatic rings. The second-order valence-corrected chi connectivity index (χ2v) is 4.10. The van der Waals surface area contributed by atoms with Crippen LogP contribution in [0.25, 0.3) is 0 Å². The van der Waals surface area contributed by atoms with E-state index >= 15 is 0 Å². The first-order valence-electron chi connectivity index (χ1n) is 5.52. The van der Waals surface area contributed by atoms with Crippen LogP contribution < -0.4 is 5.73 Å². The minimum atomic E-state index is 0.542. The molecule has 82 valence electrons. The van der Waals surface area contributed by atoms with Gasteiger partial charge in [0, 0.05) is 25.3 Å². The van der Waals surface area contributed by atoms with Crippen LogP contribution in [-0.2, 0) is 6.54 Å². The third-order valence-corrected chi connectivity index (χ3v) is 2.97. The molecule has 15 heavy (non-hydrogen) atoms. The Morgan fingerprint density at radius 3 is 3.20 bits per heavy atom. The predicted octanol–water partition coefficient (Wildman–Crippen LogP) is 0.708. The smallest absolute Gasteiger partial charge is 0.125 e. The minimum absolute atomic E-state index is 0.542. The molecule has 0 spiro atoms. The van der Waals surface area contributed by atoms with E-state index in [1.54, 1.807) is 0 Å². The fraction of sp³-hybridized carbons (Fsp3) is 0.636. The molecule has 1 unspecified atom stereocenters. The van der Waals surface area contributed by atoms with E-state index < -0.39 is 0 Å². The van der Waals surface area contributed by atoms with Gasteiger partial charge in [0.1, 0.15) is 5.82 Å². The van der Waals surface area contributed by atoms with Gasteiger partial charge in [0.15, 0.2) is 0 Å². The van der Waals surface area contributed by atoms with Gasteiger partial charge in [-0.2, -0.15) is 0 Å². The van der Waals surface area contributed by atoms with Gasteiger partial charge in [-0.15, -0.1) is 0 Å². The highest BCUT2D eigenvalue weighted by molar-refractivity contribution is 5.02. The number of aromatic nitrogens is 2. The molecule has 4 nitrogen and oxygen atoms in total. The van der Waals surface area contributed by atoms with E-state index in [1.165, 1.54) is 12.8 Å². The summed E-state index contributed by atoms with van der Waals surface area (Å²) in [6, 6.07) is 2.53. The van der Waals surface area contributed by atoms with Crippen molar-refractivity contribution in [3.63, 3.8) is 0 Å². The third-order valence-electron chi connectivity index (χ3n) is 2.97. The Morgan fingerprint density at radius 2 is 2.47 bits per heavy atom. The summed E-state index contributed by atoms with van der Waals surface area (Å²) in [6.07, 6.45) is 4.30. The monoisotopic (exact) mass is 206 g/mol. The Balaban J connectivity index is 2.02. The first-order valence-corrected chi connectivity index (χ1v) is 5.52. The lowest BCUT2D eigenvalue weighted by atomic mass is 10.2. The van der Waals surface area contributed by atoms with Crippen LogP contribution in [0.1, 0.15) is 24.4 Å². The number of hydrogen-bond donors (Lipinski definition) is 1. The number of likely N-dealkylation sites (tertiary alicyclic amines) is 1. The molecule has 1 aromatic heterocycles. The summed E-state index contributed by atoms with van der Waals surface area (Å²) in [5, 5.41) is 0. The maximum absolute atomic E-state index is 5.73. The van der Waals surface area contributed by atoms with Gasteiger partial charge in [-0.25, -0.2) is 9.97 Å². The van der Waals surface area contributed by atoms with E-state index in [0.717, 1.165) is 31.2 Å². The number of nitrogens with zero attached hydrogens (tertiary/aromatic N) is 3. The second kappa shape index (κ2) is 4.68. The fourth-order valence-corrected chi connectivity index (χ4v) is 2.17. The molecule has 0 amide bonds. The van der Waals surface area contributed by atoms with Crippen LogP contribution >= 0.6 is 0 Å². The van der Waals surface area contributed by atoms with Crippen molar-refractivity contribution in [3.8, 4) is 0 Å². The first kappa shape index (κ1) is 10.5. The quantitative estimate of drug-likeness (QED) is 0.791. The van der Waals surface area contributed by atoms with Gasteiger partial charge >= 0.3 is 0 Å². The topological polar surface area (TPSA) is 55.0 Å². The number of nitrogens with two attached hydrogens (primary N) is 1. The fourth-order valence-electron chi connectivity index (χ4n) is 2.17. The lowest BCUT2D eigenvalue weighted by Crippen LogP contribution is -2.35. The molecule has 1 saturated heterocycles. The van der Waals surface area contributed by atoms with Crippen molar-refractivity contribution in [3.05, 3.63) is 23.8 Å². The van der Waals surface area contributed by atoms with E-state index in [2.05, 4.69) is 14.9 Å². The summed E-state index contributed by atoms with van der Waals surface area (Å²) in [6.45, 7) is 4.73. The Morgan fingerprint density at radius 1 is 1.60 bits per heavy atom. The van der Waals surface area contributed by atoms with Gasteiger partial charge in [0.2, 0.25) is 0 Å². The summed E-state index contributed by atoms with van der Waals surface area (Å²) in [5.74, 6) is 0.844. The van der Waals surface area contributed by atoms with E-state index in [-0.39, 0.29) is 0 Å². The Kier molecular flexibility index (Phi) is 3.28. The van der Waals surface area contributed by atoms with Gasteiger partial charge in [0.25, 0.3) is 0 Å². The molecule has 1 aromatic rings. The van der Waals surface area contributed by atoms with E-state index in [0.29, 0.717) is 6.04 Å². The molecule has 2 heterocycles. The second-order valence-electron chi connectivity index (χ2n) is 4.10. The highest BCUT2D eigenvalue weighted by Crippen LogP contribution is 2.18. The molecule has 0 radical (unpaired) electrons. The van der Waals surface area contributed by atoms with Crippen molar-refractivity contribution < 1.29 is 0 Å². The van der Waals surface area contributed by atoms with Crippen molar-refractivity contribution in [2.45, 2.75) is 32.4 Å². The average Bonchev–Trinajstić information content (AvgIpc) is 2.65. The highest BCUT2D eigenvalue weighted by Gasteiger charge is 2.23. The third kappa shape index (κ3) is 2.52. The average molecular weight is 206 g/mol. The summed E-state index contributed by atoms with van der Waals surface area (Å²) in [5.41, 5.74) is 6.83. The Bertz CT molecular complexity index is 326. The Labute approximate surface area is 90.5 Å². The summed E-state index contributed by atoms with van der Waals surface area (Å²) < 4.78 is 0. The molecule has 1 fully saturated rings. The molecule has 2 rings (SSSR count). The van der Waals surface area contributed by atoms with E-state index in [9.17, 15) is 0 Å². The molecule has 1 aliphatic heterocycles. The van der Waals surface area contributed by atoms with Crippen molar-refractivity contribution in [2.75, 3.05) is 13.1 Å². The van der Waals surface area contributed by atoms with Gasteiger partial charge in [-0.1, -0.05) is 0 Å². The summed E-state index contributed by atoms with van der Waals surface area (Å²) in [4.78, 5) is 10.9. The largest absolute Gasteiger partial charge is 0.329 e. The molecular weight excluding hydrogens is 188 g/mol. The molecular formula is C11H18N4. The zero-order chi connectivity index (χ0) is 10.7. The summed E-state index contributed by atoms with van der Waals surface area (Å²) in [7, 11) is 0. The minimum Gasteiger partial charge on any atom is -0.329 e. The zero-order valence-corrected chi connectivity index (χ0v) is 9.19. The number of hydrogen-bond acceptors (Lipinski definition) is 4. The molecule has 0 saturated carbocycles. The van der Waals surface area contributed by atoms with Crippen molar-refractivity contribution in [1.29, 1.82) is 0 Å². The lowest BCUT2D eigenvalue weighted by Gasteiger charge is -2.22. The normalized spacial score (nSPS) is 22.1.